The second kappa shape index (κ2) is 10.8. The highest BCUT2D eigenvalue weighted by molar-refractivity contribution is 5.92. The number of fused-ring (bicyclic) bond motifs is 3. The van der Waals surface area contributed by atoms with Crippen molar-refractivity contribution in [1.82, 2.24) is 24.5 Å². The molecule has 1 fully saturated rings. The minimum absolute atomic E-state index is 0.0654. The molecule has 0 saturated heterocycles. The van der Waals surface area contributed by atoms with Crippen LogP contribution in [-0.2, 0) is 11.2 Å². The van der Waals surface area contributed by atoms with Crippen LogP contribution in [0.3, 0.4) is 0 Å². The van der Waals surface area contributed by atoms with Crippen LogP contribution in [0.15, 0.2) is 12.1 Å². The van der Waals surface area contributed by atoms with E-state index in [0.717, 1.165) is 12.1 Å². The second-order valence-corrected chi connectivity index (χ2v) is 7.70. The van der Waals surface area contributed by atoms with Crippen molar-refractivity contribution < 1.29 is 22.4 Å². The van der Waals surface area contributed by atoms with Gasteiger partial charge in [-0.1, -0.05) is 0 Å². The predicted molar refractivity (Wildman–Crippen MR) is 121 cm³/mol. The normalized spacial score (nSPS) is 14.4. The lowest BCUT2D eigenvalue weighted by molar-refractivity contribution is -0.158. The Labute approximate surface area is 194 Å². The van der Waals surface area contributed by atoms with E-state index >= 15 is 0 Å². The van der Waals surface area contributed by atoms with Crippen molar-refractivity contribution in [3.05, 3.63) is 29.6 Å². The number of hydrogen-bond donors (Lipinski definition) is 1. The van der Waals surface area contributed by atoms with Gasteiger partial charge in [0.25, 0.3) is 0 Å². The van der Waals surface area contributed by atoms with E-state index in [1.165, 1.54) is 9.42 Å². The van der Waals surface area contributed by atoms with Crippen LogP contribution in [0.5, 0.6) is 0 Å². The van der Waals surface area contributed by atoms with Gasteiger partial charge < -0.3 is 10.6 Å². The van der Waals surface area contributed by atoms with Gasteiger partial charge in [-0.15, -0.1) is 30.8 Å². The summed E-state index contributed by atoms with van der Waals surface area (Å²) < 4.78 is 54.7. The zero-order chi connectivity index (χ0) is 25.6. The van der Waals surface area contributed by atoms with Crippen LogP contribution >= 0.6 is 0 Å². The van der Waals surface area contributed by atoms with E-state index in [2.05, 4.69) is 40.8 Å². The lowest BCUT2D eigenvalue weighted by Gasteiger charge is -2.36. The number of carbonyl (C=O) groups excluding carboxylic acids is 1. The highest BCUT2D eigenvalue weighted by Crippen LogP contribution is 2.43. The summed E-state index contributed by atoms with van der Waals surface area (Å²) >= 11 is 0. The monoisotopic (exact) mass is 476 g/mol. The third-order valence-corrected chi connectivity index (χ3v) is 5.32. The van der Waals surface area contributed by atoms with Gasteiger partial charge in [-0.05, 0) is 18.9 Å². The van der Waals surface area contributed by atoms with Crippen molar-refractivity contribution in [2.75, 3.05) is 19.3 Å². The number of rotatable bonds is 6. The molecule has 2 N–H and O–H groups in total. The third-order valence-electron chi connectivity index (χ3n) is 5.32. The number of aryl methyl sites for hydroxylation is 1. The Morgan fingerprint density at radius 1 is 1.18 bits per heavy atom. The van der Waals surface area contributed by atoms with Gasteiger partial charge in [0.2, 0.25) is 17.8 Å². The van der Waals surface area contributed by atoms with Crippen LogP contribution in [0.4, 0.5) is 23.5 Å². The minimum Gasteiger partial charge on any atom is -0.368 e. The third kappa shape index (κ3) is 5.54. The molecule has 0 unspecified atom stereocenters. The Bertz CT molecular complexity index is 1210. The Hall–Kier alpha value is -3.86. The van der Waals surface area contributed by atoms with Crippen molar-refractivity contribution in [1.29, 1.82) is 0 Å². The van der Waals surface area contributed by atoms with Gasteiger partial charge in [-0.2, -0.15) is 4.52 Å². The molecule has 180 valence electrons. The lowest BCUT2D eigenvalue weighted by atomic mass is 9.80. The summed E-state index contributed by atoms with van der Waals surface area (Å²) in [7, 11) is 1.60. The Morgan fingerprint density at radius 2 is 1.82 bits per heavy atom. The minimum atomic E-state index is -2.72. The first-order chi connectivity index (χ1) is 16.1. The summed E-state index contributed by atoms with van der Waals surface area (Å²) in [5.41, 5.74) is 5.96. The average Bonchev–Trinajstić information content (AvgIpc) is 3.23. The number of amides is 1. The molecule has 7 nitrogen and oxygen atoms in total. The molecule has 1 aliphatic rings. The fourth-order valence-corrected chi connectivity index (χ4v) is 3.70. The van der Waals surface area contributed by atoms with Gasteiger partial charge >= 0.3 is 0 Å². The van der Waals surface area contributed by atoms with Crippen LogP contribution in [0.1, 0.15) is 31.5 Å². The van der Waals surface area contributed by atoms with Crippen molar-refractivity contribution in [3.63, 3.8) is 0 Å². The summed E-state index contributed by atoms with van der Waals surface area (Å²) in [6.45, 7) is 0.428. The van der Waals surface area contributed by atoms with Crippen LogP contribution in [0, 0.1) is 43.2 Å². The number of halogens is 4. The van der Waals surface area contributed by atoms with Gasteiger partial charge in [0.15, 0.2) is 17.3 Å². The van der Waals surface area contributed by atoms with E-state index in [-0.39, 0.29) is 41.2 Å². The Balaban J connectivity index is 0.000000970. The summed E-state index contributed by atoms with van der Waals surface area (Å²) in [5.74, 6) is -4.81. The Morgan fingerprint density at radius 3 is 2.44 bits per heavy atom. The molecule has 4 rings (SSSR count). The number of hydrogen-bond acceptors (Lipinski definition) is 5. The molecule has 1 aliphatic carbocycles. The lowest BCUT2D eigenvalue weighted by Crippen LogP contribution is -2.45. The summed E-state index contributed by atoms with van der Waals surface area (Å²) in [5, 5.41) is 4.42. The zero-order valence-corrected chi connectivity index (χ0v) is 18.5. The van der Waals surface area contributed by atoms with Gasteiger partial charge in [-0.3, -0.25) is 4.79 Å². The van der Waals surface area contributed by atoms with Crippen LogP contribution < -0.4 is 5.73 Å². The average molecular weight is 476 g/mol. The fourth-order valence-electron chi connectivity index (χ4n) is 3.70. The molecule has 0 aliphatic heterocycles. The SMILES string of the molecule is C#C.C#C.CN(CCCCc1nc2c3cc(F)cc(F)c3nc(N)n2n1)C(=O)C1CC(F)(F)C1. The highest BCUT2D eigenvalue weighted by atomic mass is 19.3. The standard InChI is InChI=1S/C19H20F4N6O.2C2H2/c1-28(17(30)10-8-19(22,23)9-10)5-3-2-4-14-25-16-12-6-11(20)7-13(21)15(12)26-18(24)29(16)27-14;2*1-2/h6-7,10H,2-5,8-9H2,1H3,(H2,24,26);2*1-2H. The molecule has 0 atom stereocenters. The molecular weight excluding hydrogens is 452 g/mol. The maximum absolute atomic E-state index is 14.0. The number of unbranched alkanes of at least 4 members (excludes halogenated alkanes) is 1. The van der Waals surface area contributed by atoms with Crippen molar-refractivity contribution in [2.45, 2.75) is 38.0 Å². The number of carbonyl (C=O) groups is 1. The van der Waals surface area contributed by atoms with Crippen LogP contribution in [0.2, 0.25) is 0 Å². The predicted octanol–water partition coefficient (Wildman–Crippen LogP) is 3.46. The summed E-state index contributed by atoms with van der Waals surface area (Å²) in [6, 6.07) is 1.86. The first kappa shape index (κ1) is 26.4. The van der Waals surface area contributed by atoms with Gasteiger partial charge in [0.1, 0.15) is 11.3 Å². The largest absolute Gasteiger partial charge is 0.368 e. The Kier molecular flexibility index (Phi) is 8.41. The van der Waals surface area contributed by atoms with Gasteiger partial charge in [0.05, 0.1) is 5.39 Å². The molecule has 1 aromatic carbocycles. The van der Waals surface area contributed by atoms with Crippen molar-refractivity contribution >= 4 is 28.4 Å². The van der Waals surface area contributed by atoms with Crippen molar-refractivity contribution in [2.24, 2.45) is 5.92 Å². The summed E-state index contributed by atoms with van der Waals surface area (Å²) in [4.78, 5) is 21.8. The molecule has 34 heavy (non-hydrogen) atoms. The number of benzene rings is 1. The number of nitrogen functional groups attached to an aromatic ring is 1. The van der Waals surface area contributed by atoms with E-state index in [0.29, 0.717) is 31.6 Å². The number of aromatic nitrogens is 4. The molecule has 0 bridgehead atoms. The fraction of sp³-hybridized carbons (Fsp3) is 0.391. The topological polar surface area (TPSA) is 89.4 Å². The van der Waals surface area contributed by atoms with E-state index in [4.69, 9.17) is 5.73 Å². The van der Waals surface area contributed by atoms with Gasteiger partial charge in [-0.25, -0.2) is 27.5 Å². The van der Waals surface area contributed by atoms with E-state index in [1.54, 1.807) is 7.05 Å². The highest BCUT2D eigenvalue weighted by Gasteiger charge is 2.49. The molecule has 1 amide bonds. The second-order valence-electron chi connectivity index (χ2n) is 7.70. The first-order valence-corrected chi connectivity index (χ1v) is 10.2. The molecule has 2 heterocycles. The number of anilines is 1. The number of terminal acetylenes is 2. The van der Waals surface area contributed by atoms with E-state index < -0.39 is 23.5 Å². The quantitative estimate of drug-likeness (QED) is 0.334. The van der Waals surface area contributed by atoms with Crippen LogP contribution in [0.25, 0.3) is 16.6 Å². The maximum Gasteiger partial charge on any atom is 0.249 e. The smallest absolute Gasteiger partial charge is 0.249 e. The first-order valence-electron chi connectivity index (χ1n) is 10.2. The molecule has 2 aromatic heterocycles. The van der Waals surface area contributed by atoms with E-state index in [1.807, 2.05) is 0 Å². The van der Waals surface area contributed by atoms with E-state index in [9.17, 15) is 22.4 Å². The number of nitrogens with two attached hydrogens (primary N) is 1. The van der Waals surface area contributed by atoms with Crippen molar-refractivity contribution in [3.8, 4) is 25.7 Å². The molecule has 11 heteroatoms. The zero-order valence-electron chi connectivity index (χ0n) is 18.5. The molecule has 0 radical (unpaired) electrons. The maximum atomic E-state index is 14.0. The number of alkyl halides is 2. The molecule has 1 saturated carbocycles. The van der Waals surface area contributed by atoms with Crippen LogP contribution in [-0.4, -0.2) is 49.9 Å². The molecule has 0 spiro atoms. The summed E-state index contributed by atoms with van der Waals surface area (Å²) in [6.07, 6.45) is 16.9. The molecule has 3 aromatic rings. The molecular formula is C23H24F4N6O. The number of nitrogens with zero attached hydrogens (tertiary/aromatic N) is 5. The van der Waals surface area contributed by atoms with Gasteiger partial charge in [0, 0.05) is 44.8 Å².